The first kappa shape index (κ1) is 29.8. The molecule has 13 aromatic rings. The summed E-state index contributed by atoms with van der Waals surface area (Å²) in [7, 11) is 0. The molecule has 0 unspecified atom stereocenters. The van der Waals surface area contributed by atoms with Crippen LogP contribution in [0.2, 0.25) is 0 Å². The Bertz CT molecular complexity index is 3730. The van der Waals surface area contributed by atoms with E-state index in [0.29, 0.717) is 0 Å². The molecule has 0 aliphatic heterocycles. The van der Waals surface area contributed by atoms with Crippen LogP contribution in [0, 0.1) is 0 Å². The highest BCUT2D eigenvalue weighted by atomic mass is 15.0. The van der Waals surface area contributed by atoms with Crippen LogP contribution in [0.5, 0.6) is 0 Å². The molecule has 13 rings (SSSR count). The van der Waals surface area contributed by atoms with Gasteiger partial charge in [-0.3, -0.25) is 0 Å². The molecule has 9 aromatic carbocycles. The summed E-state index contributed by atoms with van der Waals surface area (Å²) in [6.45, 7) is 0. The first-order valence-electron chi connectivity index (χ1n) is 19.3. The second-order valence-corrected chi connectivity index (χ2v) is 14.9. The number of H-pyrrole nitrogens is 1. The van der Waals surface area contributed by atoms with Crippen LogP contribution in [-0.4, -0.2) is 18.7 Å². The molecule has 4 aromatic heterocycles. The highest BCUT2D eigenvalue weighted by molar-refractivity contribution is 6.49. The molecule has 260 valence electrons. The molecular formula is C52H32N4. The normalized spacial score (nSPS) is 12.3. The molecule has 0 aliphatic rings. The van der Waals surface area contributed by atoms with Crippen LogP contribution in [0.1, 0.15) is 0 Å². The average Bonchev–Trinajstić information content (AvgIpc) is 4.01. The van der Waals surface area contributed by atoms with Crippen LogP contribution < -0.4 is 0 Å². The van der Waals surface area contributed by atoms with Gasteiger partial charge in [0, 0.05) is 76.4 Å². The van der Waals surface area contributed by atoms with Gasteiger partial charge >= 0.3 is 0 Å². The molecular weight excluding hydrogens is 681 g/mol. The second-order valence-electron chi connectivity index (χ2n) is 14.9. The number of rotatable bonds is 3. The zero-order valence-corrected chi connectivity index (χ0v) is 30.2. The van der Waals surface area contributed by atoms with Gasteiger partial charge < -0.3 is 18.7 Å². The van der Waals surface area contributed by atoms with E-state index in [1.54, 1.807) is 0 Å². The number of nitrogens with zero attached hydrogens (tertiary/aromatic N) is 3. The van der Waals surface area contributed by atoms with Gasteiger partial charge in [0.25, 0.3) is 0 Å². The Morgan fingerprint density at radius 1 is 0.268 bits per heavy atom. The lowest BCUT2D eigenvalue weighted by Gasteiger charge is -2.16. The van der Waals surface area contributed by atoms with Crippen LogP contribution in [0.4, 0.5) is 0 Å². The number of hydrogen-bond acceptors (Lipinski definition) is 0. The molecule has 0 fully saturated rings. The number of fused-ring (bicyclic) bond motifs is 19. The number of para-hydroxylation sites is 7. The smallest absolute Gasteiger partial charge is 0.0795 e. The van der Waals surface area contributed by atoms with Gasteiger partial charge in [0.1, 0.15) is 0 Å². The molecule has 1 N–H and O–H groups in total. The van der Waals surface area contributed by atoms with E-state index in [9.17, 15) is 0 Å². The van der Waals surface area contributed by atoms with Gasteiger partial charge in [-0.25, -0.2) is 0 Å². The highest BCUT2D eigenvalue weighted by Gasteiger charge is 2.30. The molecule has 56 heavy (non-hydrogen) atoms. The minimum atomic E-state index is 1.13. The van der Waals surface area contributed by atoms with Crippen molar-refractivity contribution in [2.75, 3.05) is 0 Å². The molecule has 4 heteroatoms. The lowest BCUT2D eigenvalue weighted by Crippen LogP contribution is -1.99. The Labute approximate surface area is 320 Å². The number of aromatic amines is 1. The van der Waals surface area contributed by atoms with Crippen LogP contribution in [0.25, 0.3) is 115 Å². The highest BCUT2D eigenvalue weighted by Crippen LogP contribution is 2.53. The van der Waals surface area contributed by atoms with Crippen molar-refractivity contribution in [3.8, 4) is 17.1 Å². The van der Waals surface area contributed by atoms with Gasteiger partial charge in [-0.2, -0.15) is 0 Å². The first-order chi connectivity index (χ1) is 27.9. The van der Waals surface area contributed by atoms with Gasteiger partial charge in [-0.1, -0.05) is 127 Å². The van der Waals surface area contributed by atoms with Gasteiger partial charge in [-0.05, 0) is 60.7 Å². The number of aromatic nitrogens is 4. The fraction of sp³-hybridized carbons (Fsp3) is 0. The third-order valence-corrected chi connectivity index (χ3v) is 12.1. The van der Waals surface area contributed by atoms with E-state index in [-0.39, 0.29) is 0 Å². The van der Waals surface area contributed by atoms with Gasteiger partial charge in [-0.15, -0.1) is 0 Å². The summed E-state index contributed by atoms with van der Waals surface area (Å²) in [4.78, 5) is 4.02. The lowest BCUT2D eigenvalue weighted by atomic mass is 9.91. The summed E-state index contributed by atoms with van der Waals surface area (Å²) in [5.41, 5.74) is 12.9. The SMILES string of the molecule is c1ccc(-n2c3ccccc3c3c4c(c5c6ccccc6[nH]c5c32)c2c3ccccc3n(-c3ccccc3)c2c2c4c3ccccc3n2-c2ccccc2)cc1. The number of nitrogens with one attached hydrogen (secondary N) is 1. The van der Waals surface area contributed by atoms with Crippen molar-refractivity contribution >= 4 is 98.0 Å². The van der Waals surface area contributed by atoms with E-state index in [1.807, 2.05) is 0 Å². The zero-order chi connectivity index (χ0) is 36.5. The van der Waals surface area contributed by atoms with Gasteiger partial charge in [0.2, 0.25) is 0 Å². The lowest BCUT2D eigenvalue weighted by molar-refractivity contribution is 1.15. The Hall–Kier alpha value is -7.56. The quantitative estimate of drug-likeness (QED) is 0.189. The number of hydrogen-bond donors (Lipinski definition) is 1. The zero-order valence-electron chi connectivity index (χ0n) is 30.2. The fourth-order valence-electron chi connectivity index (χ4n) is 10.0. The fourth-order valence-corrected chi connectivity index (χ4v) is 10.0. The summed E-state index contributed by atoms with van der Waals surface area (Å²) < 4.78 is 7.52. The molecule has 4 nitrogen and oxygen atoms in total. The van der Waals surface area contributed by atoms with E-state index >= 15 is 0 Å². The van der Waals surface area contributed by atoms with Crippen molar-refractivity contribution in [3.05, 3.63) is 188 Å². The van der Waals surface area contributed by atoms with E-state index in [4.69, 9.17) is 0 Å². The summed E-state index contributed by atoms with van der Waals surface area (Å²) in [6.07, 6.45) is 0. The standard InChI is InChI=1S/C52H32N4/c1-4-18-32(19-5-1)54-40-29-15-11-25-36(40)44-48-46-38-27-13-17-31-42(38)56(34-22-8-3-9-23-34)52(46)51-45(37-26-12-16-30-41(37)55(51)33-20-6-2-7-21-33)47(48)43-35-24-10-14-28-39(35)53-49(43)50(44)54/h1-31,53H. The van der Waals surface area contributed by atoms with Crippen LogP contribution >= 0.6 is 0 Å². The van der Waals surface area contributed by atoms with E-state index < -0.39 is 0 Å². The third kappa shape index (κ3) is 3.73. The Morgan fingerprint density at radius 3 is 1.07 bits per heavy atom. The first-order valence-corrected chi connectivity index (χ1v) is 19.3. The summed E-state index contributed by atoms with van der Waals surface area (Å²) in [5.74, 6) is 0. The van der Waals surface area contributed by atoms with Crippen molar-refractivity contribution in [3.63, 3.8) is 0 Å². The summed E-state index contributed by atoms with van der Waals surface area (Å²) in [5, 5.41) is 12.5. The van der Waals surface area contributed by atoms with E-state index in [2.05, 4.69) is 207 Å². The predicted octanol–water partition coefficient (Wildman–Crippen LogP) is 13.8. The molecule has 0 saturated heterocycles. The van der Waals surface area contributed by atoms with Crippen molar-refractivity contribution in [2.24, 2.45) is 0 Å². The minimum absolute atomic E-state index is 1.13. The Balaban J connectivity index is 1.48. The minimum Gasteiger partial charge on any atom is -0.353 e. The monoisotopic (exact) mass is 712 g/mol. The second kappa shape index (κ2) is 11.0. The van der Waals surface area contributed by atoms with Crippen molar-refractivity contribution in [2.45, 2.75) is 0 Å². The maximum absolute atomic E-state index is 4.02. The van der Waals surface area contributed by atoms with Crippen LogP contribution in [-0.2, 0) is 0 Å². The third-order valence-electron chi connectivity index (χ3n) is 12.1. The molecule has 0 amide bonds. The van der Waals surface area contributed by atoms with Crippen molar-refractivity contribution in [1.82, 2.24) is 18.7 Å². The average molecular weight is 713 g/mol. The molecule has 0 aliphatic carbocycles. The van der Waals surface area contributed by atoms with Crippen molar-refractivity contribution < 1.29 is 0 Å². The molecule has 0 radical (unpaired) electrons. The predicted molar refractivity (Wildman–Crippen MR) is 236 cm³/mol. The molecule has 0 spiro atoms. The number of benzene rings is 9. The topological polar surface area (TPSA) is 30.6 Å². The summed E-state index contributed by atoms with van der Waals surface area (Å²) >= 11 is 0. The van der Waals surface area contributed by atoms with Gasteiger partial charge in [0.05, 0.1) is 38.6 Å². The largest absolute Gasteiger partial charge is 0.353 e. The molecule has 0 saturated carbocycles. The Morgan fingerprint density at radius 2 is 0.607 bits per heavy atom. The van der Waals surface area contributed by atoms with Gasteiger partial charge in [0.15, 0.2) is 0 Å². The van der Waals surface area contributed by atoms with E-state index in [1.165, 1.54) is 87.0 Å². The Kier molecular flexibility index (Phi) is 5.86. The molecule has 0 atom stereocenters. The van der Waals surface area contributed by atoms with Crippen LogP contribution in [0.15, 0.2) is 188 Å². The molecule has 0 bridgehead atoms. The van der Waals surface area contributed by atoms with Crippen molar-refractivity contribution in [1.29, 1.82) is 0 Å². The maximum Gasteiger partial charge on any atom is 0.0795 e. The van der Waals surface area contributed by atoms with E-state index in [0.717, 1.165) is 28.1 Å². The maximum atomic E-state index is 4.02. The van der Waals surface area contributed by atoms with Crippen LogP contribution in [0.3, 0.4) is 0 Å². The summed E-state index contributed by atoms with van der Waals surface area (Å²) in [6, 6.07) is 68.5. The molecule has 4 heterocycles.